The predicted molar refractivity (Wildman–Crippen MR) is 67.1 cm³/mol. The first-order valence-electron chi connectivity index (χ1n) is 6.74. The van der Waals surface area contributed by atoms with Gasteiger partial charge >= 0.3 is 5.97 Å². The number of carbonyl (C=O) groups is 2. The van der Waals surface area contributed by atoms with E-state index in [1.807, 2.05) is 6.92 Å². The molecule has 0 heterocycles. The molecule has 0 saturated heterocycles. The maximum atomic E-state index is 11.7. The van der Waals surface area contributed by atoms with Crippen LogP contribution in [-0.4, -0.2) is 48.1 Å². The molecule has 2 fully saturated rings. The molecule has 2 aliphatic rings. The van der Waals surface area contributed by atoms with Crippen molar-refractivity contribution in [2.45, 2.75) is 32.2 Å². The lowest BCUT2D eigenvalue weighted by Gasteiger charge is -2.29. The molecule has 0 aromatic rings. The maximum absolute atomic E-state index is 11.7. The molecule has 5 nitrogen and oxygen atoms in total. The summed E-state index contributed by atoms with van der Waals surface area (Å²) in [5, 5.41) is 12.5. The van der Waals surface area contributed by atoms with Crippen LogP contribution in [0.2, 0.25) is 0 Å². The van der Waals surface area contributed by atoms with E-state index in [0.717, 1.165) is 19.3 Å². The van der Waals surface area contributed by atoms with Crippen molar-refractivity contribution in [1.82, 2.24) is 10.2 Å². The van der Waals surface area contributed by atoms with Gasteiger partial charge in [-0.25, -0.2) is 0 Å². The fourth-order valence-corrected chi connectivity index (χ4v) is 3.46. The van der Waals surface area contributed by atoms with Crippen molar-refractivity contribution in [1.29, 1.82) is 0 Å². The number of hydrogen-bond acceptors (Lipinski definition) is 3. The van der Waals surface area contributed by atoms with Crippen molar-refractivity contribution in [2.24, 2.45) is 17.8 Å². The van der Waals surface area contributed by atoms with Crippen LogP contribution in [0.4, 0.5) is 0 Å². The van der Waals surface area contributed by atoms with E-state index in [-0.39, 0.29) is 24.4 Å². The summed E-state index contributed by atoms with van der Waals surface area (Å²) in [4.78, 5) is 24.7. The molecule has 5 heteroatoms. The van der Waals surface area contributed by atoms with Crippen LogP contribution < -0.4 is 5.32 Å². The van der Waals surface area contributed by atoms with Gasteiger partial charge in [-0.1, -0.05) is 0 Å². The fraction of sp³-hybridized carbons (Fsp3) is 0.846. The molecule has 102 valence electrons. The Morgan fingerprint density at radius 1 is 1.33 bits per heavy atom. The zero-order chi connectivity index (χ0) is 13.3. The number of likely N-dealkylation sites (N-methyl/N-ethyl adjacent to an activating group) is 1. The minimum absolute atomic E-state index is 0.0181. The second kappa shape index (κ2) is 5.26. The Morgan fingerprint density at radius 3 is 2.61 bits per heavy atom. The summed E-state index contributed by atoms with van der Waals surface area (Å²) in [5.41, 5.74) is 0. The zero-order valence-corrected chi connectivity index (χ0v) is 11.1. The highest BCUT2D eigenvalue weighted by Gasteiger charge is 2.50. The number of nitrogens with one attached hydrogen (secondary N) is 1. The van der Waals surface area contributed by atoms with Crippen LogP contribution in [0.1, 0.15) is 26.2 Å². The number of amides is 1. The second-order valence-corrected chi connectivity index (χ2v) is 5.51. The van der Waals surface area contributed by atoms with Gasteiger partial charge < -0.3 is 15.3 Å². The lowest BCUT2D eigenvalue weighted by Crippen LogP contribution is -2.48. The molecule has 2 bridgehead atoms. The van der Waals surface area contributed by atoms with Crippen LogP contribution in [-0.2, 0) is 9.59 Å². The van der Waals surface area contributed by atoms with Gasteiger partial charge in [0, 0.05) is 19.6 Å². The summed E-state index contributed by atoms with van der Waals surface area (Å²) < 4.78 is 0. The molecule has 18 heavy (non-hydrogen) atoms. The molecule has 0 spiro atoms. The molecule has 0 aliphatic heterocycles. The standard InChI is InChI=1S/C13H22N2O3/c1-3-15(2)10(16)7-14-12-9-5-4-8(6-9)11(12)13(17)18/h8-9,11-12,14H,3-7H2,1-2H3,(H,17,18). The molecule has 4 atom stereocenters. The third-order valence-corrected chi connectivity index (χ3v) is 4.59. The van der Waals surface area contributed by atoms with Crippen molar-refractivity contribution >= 4 is 11.9 Å². The van der Waals surface area contributed by atoms with Crippen molar-refractivity contribution < 1.29 is 14.7 Å². The Balaban J connectivity index is 1.92. The second-order valence-electron chi connectivity index (χ2n) is 5.51. The molecular formula is C13H22N2O3. The number of aliphatic carboxylic acids is 1. The number of carbonyl (C=O) groups excluding carboxylic acids is 1. The van der Waals surface area contributed by atoms with Crippen LogP contribution in [0, 0.1) is 17.8 Å². The monoisotopic (exact) mass is 254 g/mol. The van der Waals surface area contributed by atoms with E-state index in [0.29, 0.717) is 18.4 Å². The molecule has 0 aromatic carbocycles. The van der Waals surface area contributed by atoms with Crippen molar-refractivity contribution in [3.8, 4) is 0 Å². The Bertz CT molecular complexity index is 345. The fourth-order valence-electron chi connectivity index (χ4n) is 3.46. The van der Waals surface area contributed by atoms with Gasteiger partial charge in [0.05, 0.1) is 12.5 Å². The highest BCUT2D eigenvalue weighted by Crippen LogP contribution is 2.48. The largest absolute Gasteiger partial charge is 0.481 e. The number of nitrogens with zero attached hydrogens (tertiary/aromatic N) is 1. The topological polar surface area (TPSA) is 69.6 Å². The average molecular weight is 254 g/mol. The first-order chi connectivity index (χ1) is 8.54. The Kier molecular flexibility index (Phi) is 3.90. The lowest BCUT2D eigenvalue weighted by molar-refractivity contribution is -0.144. The van der Waals surface area contributed by atoms with E-state index in [1.165, 1.54) is 0 Å². The highest BCUT2D eigenvalue weighted by molar-refractivity contribution is 5.78. The summed E-state index contributed by atoms with van der Waals surface area (Å²) in [6, 6.07) is -0.0181. The van der Waals surface area contributed by atoms with Gasteiger partial charge in [-0.3, -0.25) is 9.59 Å². The van der Waals surface area contributed by atoms with Crippen LogP contribution in [0.5, 0.6) is 0 Å². The summed E-state index contributed by atoms with van der Waals surface area (Å²) in [6.45, 7) is 2.86. The number of fused-ring (bicyclic) bond motifs is 2. The summed E-state index contributed by atoms with van der Waals surface area (Å²) >= 11 is 0. The Morgan fingerprint density at radius 2 is 2.00 bits per heavy atom. The van der Waals surface area contributed by atoms with Gasteiger partial charge in [-0.2, -0.15) is 0 Å². The van der Waals surface area contributed by atoms with Crippen LogP contribution in [0.15, 0.2) is 0 Å². The minimum atomic E-state index is -0.712. The van der Waals surface area contributed by atoms with E-state index in [1.54, 1.807) is 11.9 Å². The molecule has 2 N–H and O–H groups in total. The predicted octanol–water partition coefficient (Wildman–Crippen LogP) is 0.554. The molecule has 2 rings (SSSR count). The molecule has 0 radical (unpaired) electrons. The molecular weight excluding hydrogens is 232 g/mol. The molecule has 2 aliphatic carbocycles. The van der Waals surface area contributed by atoms with Crippen LogP contribution in [0.3, 0.4) is 0 Å². The van der Waals surface area contributed by atoms with E-state index < -0.39 is 5.97 Å². The third-order valence-electron chi connectivity index (χ3n) is 4.59. The SMILES string of the molecule is CCN(C)C(=O)CNC1C2CCC(C2)C1C(=O)O. The van der Waals surface area contributed by atoms with Gasteiger partial charge in [0.25, 0.3) is 0 Å². The molecule has 4 unspecified atom stereocenters. The summed E-state index contributed by atoms with van der Waals surface area (Å²) in [7, 11) is 1.76. The highest BCUT2D eigenvalue weighted by atomic mass is 16.4. The van der Waals surface area contributed by atoms with Gasteiger partial charge in [0.15, 0.2) is 0 Å². The Labute approximate surface area is 108 Å². The number of carboxylic acid groups (broad SMARTS) is 1. The Hall–Kier alpha value is -1.10. The van der Waals surface area contributed by atoms with Crippen LogP contribution in [0.25, 0.3) is 0 Å². The normalized spacial score (nSPS) is 33.7. The zero-order valence-electron chi connectivity index (χ0n) is 11.1. The third kappa shape index (κ3) is 2.36. The van der Waals surface area contributed by atoms with Gasteiger partial charge in [-0.05, 0) is 38.0 Å². The van der Waals surface area contributed by atoms with Crippen molar-refractivity contribution in [3.05, 3.63) is 0 Å². The first kappa shape index (κ1) is 13.3. The lowest BCUT2D eigenvalue weighted by atomic mass is 9.84. The van der Waals surface area contributed by atoms with E-state index >= 15 is 0 Å². The number of hydrogen-bond donors (Lipinski definition) is 2. The van der Waals surface area contributed by atoms with Gasteiger partial charge in [0.2, 0.25) is 5.91 Å². The van der Waals surface area contributed by atoms with E-state index in [4.69, 9.17) is 0 Å². The number of rotatable bonds is 5. The van der Waals surface area contributed by atoms with Gasteiger partial charge in [-0.15, -0.1) is 0 Å². The molecule has 0 aromatic heterocycles. The van der Waals surface area contributed by atoms with E-state index in [9.17, 15) is 14.7 Å². The average Bonchev–Trinajstić information content (AvgIpc) is 2.94. The van der Waals surface area contributed by atoms with E-state index in [2.05, 4.69) is 5.32 Å². The van der Waals surface area contributed by atoms with Crippen molar-refractivity contribution in [2.75, 3.05) is 20.1 Å². The van der Waals surface area contributed by atoms with Gasteiger partial charge in [0.1, 0.15) is 0 Å². The maximum Gasteiger partial charge on any atom is 0.308 e. The number of carboxylic acids is 1. The summed E-state index contributed by atoms with van der Waals surface area (Å²) in [6.07, 6.45) is 3.14. The van der Waals surface area contributed by atoms with Crippen molar-refractivity contribution in [3.63, 3.8) is 0 Å². The smallest absolute Gasteiger partial charge is 0.308 e. The van der Waals surface area contributed by atoms with Crippen LogP contribution >= 0.6 is 0 Å². The summed E-state index contributed by atoms with van der Waals surface area (Å²) in [5.74, 6) is -0.233. The quantitative estimate of drug-likeness (QED) is 0.752. The first-order valence-corrected chi connectivity index (χ1v) is 6.74. The molecule has 1 amide bonds. The minimum Gasteiger partial charge on any atom is -0.481 e. The molecule has 2 saturated carbocycles.